The molecule has 0 radical (unpaired) electrons. The lowest BCUT2D eigenvalue weighted by Gasteiger charge is -2.25. The Balaban J connectivity index is 2.18. The van der Waals surface area contributed by atoms with Crippen molar-refractivity contribution in [1.29, 1.82) is 5.41 Å². The molecule has 0 unspecified atom stereocenters. The van der Waals surface area contributed by atoms with Crippen LogP contribution in [0.5, 0.6) is 0 Å². The molecule has 0 aromatic heterocycles. The summed E-state index contributed by atoms with van der Waals surface area (Å²) in [5.41, 5.74) is 7.85. The van der Waals surface area contributed by atoms with Gasteiger partial charge in [-0.15, -0.1) is 0 Å². The van der Waals surface area contributed by atoms with Crippen LogP contribution in [-0.4, -0.2) is 12.4 Å². The summed E-state index contributed by atoms with van der Waals surface area (Å²) < 4.78 is 1.10. The third-order valence-corrected chi connectivity index (χ3v) is 3.87. The van der Waals surface area contributed by atoms with Crippen molar-refractivity contribution in [3.63, 3.8) is 0 Å². The third kappa shape index (κ3) is 4.10. The topological polar surface area (TPSA) is 53.1 Å². The molecule has 0 aliphatic carbocycles. The normalized spacial score (nSPS) is 10.2. The smallest absolute Gasteiger partial charge is 0.0923 e. The van der Waals surface area contributed by atoms with Gasteiger partial charge in [0.1, 0.15) is 0 Å². The minimum Gasteiger partial charge on any atom is -0.388 e. The van der Waals surface area contributed by atoms with Crippen LogP contribution in [0, 0.1) is 5.41 Å². The molecule has 0 atom stereocenters. The number of hydrogen-bond donors (Lipinski definition) is 2. The Morgan fingerprint density at radius 2 is 1.70 bits per heavy atom. The van der Waals surface area contributed by atoms with Gasteiger partial charge in [0.2, 0.25) is 0 Å². The van der Waals surface area contributed by atoms with Gasteiger partial charge >= 0.3 is 0 Å². The van der Waals surface area contributed by atoms with E-state index in [4.69, 9.17) is 11.1 Å². The zero-order chi connectivity index (χ0) is 14.4. The van der Waals surface area contributed by atoms with Crippen LogP contribution in [0.4, 0.5) is 5.69 Å². The van der Waals surface area contributed by atoms with Crippen LogP contribution in [0.2, 0.25) is 0 Å². The first kappa shape index (κ1) is 14.6. The van der Waals surface area contributed by atoms with Crippen molar-refractivity contribution in [2.45, 2.75) is 13.0 Å². The fourth-order valence-corrected chi connectivity index (χ4v) is 2.44. The number of rotatable bonds is 6. The molecule has 2 rings (SSSR count). The molecule has 4 heteroatoms. The van der Waals surface area contributed by atoms with Crippen molar-refractivity contribution in [3.8, 4) is 0 Å². The van der Waals surface area contributed by atoms with Crippen molar-refractivity contribution in [1.82, 2.24) is 0 Å². The van der Waals surface area contributed by atoms with E-state index in [9.17, 15) is 0 Å². The number of nitrogens with zero attached hydrogens (tertiary/aromatic N) is 1. The van der Waals surface area contributed by atoms with E-state index in [2.05, 4.69) is 39.0 Å². The summed E-state index contributed by atoms with van der Waals surface area (Å²) in [7, 11) is 0. The van der Waals surface area contributed by atoms with Gasteiger partial charge in [-0.3, -0.25) is 5.41 Å². The van der Waals surface area contributed by atoms with Crippen LogP contribution < -0.4 is 10.6 Å². The zero-order valence-electron chi connectivity index (χ0n) is 11.2. The Hall–Kier alpha value is -1.81. The van der Waals surface area contributed by atoms with Crippen molar-refractivity contribution in [2.24, 2.45) is 5.73 Å². The average Bonchev–Trinajstić information content (AvgIpc) is 2.46. The van der Waals surface area contributed by atoms with Gasteiger partial charge in [-0.25, -0.2) is 0 Å². The average molecular weight is 332 g/mol. The minimum atomic E-state index is 0.220. The minimum absolute atomic E-state index is 0.220. The Morgan fingerprint density at radius 3 is 2.35 bits per heavy atom. The monoisotopic (exact) mass is 331 g/mol. The second-order valence-corrected chi connectivity index (χ2v) is 5.48. The Morgan fingerprint density at radius 1 is 1.05 bits per heavy atom. The lowest BCUT2D eigenvalue weighted by atomic mass is 10.2. The van der Waals surface area contributed by atoms with E-state index in [1.807, 2.05) is 36.4 Å². The maximum absolute atomic E-state index is 7.41. The van der Waals surface area contributed by atoms with Gasteiger partial charge in [0.25, 0.3) is 0 Å². The van der Waals surface area contributed by atoms with Crippen molar-refractivity contribution >= 4 is 27.5 Å². The van der Waals surface area contributed by atoms with Crippen LogP contribution in [0.15, 0.2) is 59.1 Å². The van der Waals surface area contributed by atoms with Gasteiger partial charge in [-0.2, -0.15) is 0 Å². The van der Waals surface area contributed by atoms with Gasteiger partial charge in [-0.05, 0) is 23.8 Å². The molecule has 0 fully saturated rings. The van der Waals surface area contributed by atoms with Gasteiger partial charge in [0.05, 0.1) is 5.84 Å². The lowest BCUT2D eigenvalue weighted by Crippen LogP contribution is -2.27. The first-order chi connectivity index (χ1) is 9.66. The summed E-state index contributed by atoms with van der Waals surface area (Å²) in [6, 6.07) is 18.4. The number of para-hydroxylation sites is 1. The molecule has 3 nitrogen and oxygen atoms in total. The maximum atomic E-state index is 7.41. The summed E-state index contributed by atoms with van der Waals surface area (Å²) in [5.74, 6) is 0.220. The fraction of sp³-hybridized carbons (Fsp3) is 0.188. The van der Waals surface area contributed by atoms with Gasteiger partial charge < -0.3 is 10.6 Å². The van der Waals surface area contributed by atoms with Gasteiger partial charge in [-0.1, -0.05) is 52.3 Å². The number of anilines is 1. The quantitative estimate of drug-likeness (QED) is 0.625. The largest absolute Gasteiger partial charge is 0.388 e. The summed E-state index contributed by atoms with van der Waals surface area (Å²) in [6.45, 7) is 1.53. The van der Waals surface area contributed by atoms with E-state index in [0.717, 1.165) is 23.2 Å². The van der Waals surface area contributed by atoms with Gasteiger partial charge in [0, 0.05) is 29.7 Å². The number of amidine groups is 1. The molecule has 104 valence electrons. The highest BCUT2D eigenvalue weighted by Crippen LogP contribution is 2.22. The molecule has 0 aliphatic heterocycles. The lowest BCUT2D eigenvalue weighted by molar-refractivity contribution is 0.800. The Kier molecular flexibility index (Phi) is 5.18. The second-order valence-electron chi connectivity index (χ2n) is 4.62. The Labute approximate surface area is 128 Å². The summed E-state index contributed by atoms with van der Waals surface area (Å²) in [5, 5.41) is 7.41. The van der Waals surface area contributed by atoms with Crippen LogP contribution in [0.3, 0.4) is 0 Å². The van der Waals surface area contributed by atoms with E-state index in [1.165, 1.54) is 5.56 Å². The molecular formula is C16H18BrN3. The molecule has 0 aliphatic rings. The van der Waals surface area contributed by atoms with Crippen molar-refractivity contribution in [2.75, 3.05) is 11.4 Å². The summed E-state index contributed by atoms with van der Waals surface area (Å²) >= 11 is 3.58. The molecule has 3 N–H and O–H groups in total. The van der Waals surface area contributed by atoms with Crippen LogP contribution >= 0.6 is 15.9 Å². The van der Waals surface area contributed by atoms with Crippen LogP contribution in [0.1, 0.15) is 12.0 Å². The molecule has 0 amide bonds. The molecular weight excluding hydrogens is 314 g/mol. The van der Waals surface area contributed by atoms with E-state index >= 15 is 0 Å². The third-order valence-electron chi connectivity index (χ3n) is 3.09. The number of hydrogen-bond acceptors (Lipinski definition) is 2. The van der Waals surface area contributed by atoms with Crippen LogP contribution in [0.25, 0.3) is 0 Å². The highest BCUT2D eigenvalue weighted by atomic mass is 79.9. The van der Waals surface area contributed by atoms with E-state index in [0.29, 0.717) is 6.42 Å². The predicted molar refractivity (Wildman–Crippen MR) is 88.2 cm³/mol. The standard InChI is InChI=1S/C16H18BrN3/c17-15-9-5-4-6-13(15)12-20(11-10-16(18)19)14-7-2-1-3-8-14/h1-9H,10-12H2,(H3,18,19). The molecule has 0 spiro atoms. The number of benzene rings is 2. The van der Waals surface area contributed by atoms with Gasteiger partial charge in [0.15, 0.2) is 0 Å². The SMILES string of the molecule is N=C(N)CCN(Cc1ccccc1Br)c1ccccc1. The molecule has 0 heterocycles. The first-order valence-electron chi connectivity index (χ1n) is 6.53. The van der Waals surface area contributed by atoms with Crippen molar-refractivity contribution in [3.05, 3.63) is 64.6 Å². The summed E-state index contributed by atoms with van der Waals surface area (Å²) in [6.07, 6.45) is 0.569. The predicted octanol–water partition coefficient (Wildman–Crippen LogP) is 3.78. The fourth-order valence-electron chi connectivity index (χ4n) is 2.03. The Bertz CT molecular complexity index is 569. The molecule has 0 bridgehead atoms. The molecule has 2 aromatic rings. The van der Waals surface area contributed by atoms with Crippen molar-refractivity contribution < 1.29 is 0 Å². The second kappa shape index (κ2) is 7.10. The van der Waals surface area contributed by atoms with E-state index in [-0.39, 0.29) is 5.84 Å². The molecule has 20 heavy (non-hydrogen) atoms. The number of nitrogens with two attached hydrogens (primary N) is 1. The van der Waals surface area contributed by atoms with E-state index in [1.54, 1.807) is 0 Å². The number of nitrogens with one attached hydrogen (secondary N) is 1. The summed E-state index contributed by atoms with van der Waals surface area (Å²) in [4.78, 5) is 2.24. The molecule has 0 saturated heterocycles. The first-order valence-corrected chi connectivity index (χ1v) is 7.32. The molecule has 0 saturated carbocycles. The highest BCUT2D eigenvalue weighted by Gasteiger charge is 2.09. The highest BCUT2D eigenvalue weighted by molar-refractivity contribution is 9.10. The molecule has 2 aromatic carbocycles. The number of halogens is 1. The van der Waals surface area contributed by atoms with E-state index < -0.39 is 0 Å². The van der Waals surface area contributed by atoms with Crippen LogP contribution in [-0.2, 0) is 6.54 Å². The maximum Gasteiger partial charge on any atom is 0.0923 e. The zero-order valence-corrected chi connectivity index (χ0v) is 12.8.